The van der Waals surface area contributed by atoms with E-state index in [1.54, 1.807) is 0 Å². The molecule has 2 unspecified atom stereocenters. The molecule has 1 amide bonds. The maximum Gasteiger partial charge on any atom is 0.234 e. The fraction of sp³-hybridized carbons (Fsp3) is 0.500. The first-order valence-corrected chi connectivity index (χ1v) is 8.64. The second-order valence-corrected chi connectivity index (χ2v) is 6.92. The van der Waals surface area contributed by atoms with E-state index in [0.717, 1.165) is 49.0 Å². The average Bonchev–Trinajstić information content (AvgIpc) is 3.21. The minimum absolute atomic E-state index is 0.00397. The molecule has 2 atom stereocenters. The number of carbonyl (C=O) groups is 1. The Morgan fingerprint density at radius 2 is 2.25 bits per heavy atom. The predicted molar refractivity (Wildman–Crippen MR) is 90.5 cm³/mol. The van der Waals surface area contributed by atoms with E-state index in [-0.39, 0.29) is 11.3 Å². The Morgan fingerprint density at radius 3 is 3.04 bits per heavy atom. The Hall–Kier alpha value is -2.21. The molecular formula is C18H22N4O2. The largest absolute Gasteiger partial charge is 0.338 e. The average molecular weight is 326 g/mol. The molecule has 126 valence electrons. The molecule has 0 spiro atoms. The van der Waals surface area contributed by atoms with E-state index in [4.69, 9.17) is 4.52 Å². The van der Waals surface area contributed by atoms with E-state index in [1.807, 2.05) is 31.2 Å². The fourth-order valence-corrected chi connectivity index (χ4v) is 3.87. The van der Waals surface area contributed by atoms with E-state index in [2.05, 4.69) is 20.8 Å². The number of amides is 1. The third-order valence-corrected chi connectivity index (χ3v) is 5.23. The second kappa shape index (κ2) is 6.02. The maximum absolute atomic E-state index is 11.4. The second-order valence-electron chi connectivity index (χ2n) is 6.92. The maximum atomic E-state index is 11.4. The summed E-state index contributed by atoms with van der Waals surface area (Å²) < 4.78 is 5.62. The first kappa shape index (κ1) is 15.3. The zero-order valence-corrected chi connectivity index (χ0v) is 13.8. The summed E-state index contributed by atoms with van der Waals surface area (Å²) in [6.45, 7) is 3.86. The van der Waals surface area contributed by atoms with Crippen LogP contribution in [0.25, 0.3) is 11.4 Å². The summed E-state index contributed by atoms with van der Waals surface area (Å²) in [4.78, 5) is 16.1. The number of hydrogen-bond donors (Lipinski definition) is 2. The van der Waals surface area contributed by atoms with E-state index >= 15 is 0 Å². The molecular weight excluding hydrogens is 304 g/mol. The van der Waals surface area contributed by atoms with Gasteiger partial charge < -0.3 is 15.2 Å². The molecule has 2 bridgehead atoms. The van der Waals surface area contributed by atoms with Crippen molar-refractivity contribution in [3.63, 3.8) is 0 Å². The lowest BCUT2D eigenvalue weighted by molar-refractivity contribution is -0.115. The first-order valence-electron chi connectivity index (χ1n) is 8.64. The third kappa shape index (κ3) is 2.71. The van der Waals surface area contributed by atoms with Gasteiger partial charge in [-0.1, -0.05) is 12.1 Å². The summed E-state index contributed by atoms with van der Waals surface area (Å²) in [6.07, 6.45) is 3.96. The minimum Gasteiger partial charge on any atom is -0.338 e. The molecule has 4 rings (SSSR count). The van der Waals surface area contributed by atoms with E-state index in [9.17, 15) is 4.79 Å². The number of nitrogens with one attached hydrogen (secondary N) is 2. The standard InChI is InChI=1S/C18H22N4O2/c1-2-15(23)20-14-5-3-13(4-6-14)16-21-17(24-22-16)18-8-7-12(9-18)10-19-11-18/h3-6,12,19H,2,7-11H2,1H3,(H,20,23). The number of nitrogens with zero attached hydrogens (tertiary/aromatic N) is 2. The van der Waals surface area contributed by atoms with Gasteiger partial charge >= 0.3 is 0 Å². The van der Waals surface area contributed by atoms with E-state index in [1.165, 1.54) is 6.42 Å². The van der Waals surface area contributed by atoms with Crippen molar-refractivity contribution >= 4 is 11.6 Å². The molecule has 1 aromatic carbocycles. The third-order valence-electron chi connectivity index (χ3n) is 5.23. The van der Waals surface area contributed by atoms with Crippen LogP contribution in [0.1, 0.15) is 38.5 Å². The van der Waals surface area contributed by atoms with Gasteiger partial charge in [-0.15, -0.1) is 0 Å². The molecule has 1 saturated heterocycles. The van der Waals surface area contributed by atoms with E-state index < -0.39 is 0 Å². The van der Waals surface area contributed by atoms with Crippen LogP contribution in [0, 0.1) is 5.92 Å². The van der Waals surface area contributed by atoms with Gasteiger partial charge in [-0.2, -0.15) is 4.98 Å². The Bertz CT molecular complexity index is 736. The van der Waals surface area contributed by atoms with Gasteiger partial charge in [0.25, 0.3) is 0 Å². The Morgan fingerprint density at radius 1 is 1.42 bits per heavy atom. The molecule has 2 heterocycles. The topological polar surface area (TPSA) is 80.0 Å². The number of anilines is 1. The molecule has 1 saturated carbocycles. The summed E-state index contributed by atoms with van der Waals surface area (Å²) in [5.41, 5.74) is 1.70. The highest BCUT2D eigenvalue weighted by Crippen LogP contribution is 2.45. The van der Waals surface area contributed by atoms with Crippen LogP contribution in [-0.4, -0.2) is 29.1 Å². The molecule has 2 aromatic rings. The lowest BCUT2D eigenvalue weighted by atomic mass is 9.83. The zero-order chi connectivity index (χ0) is 16.6. The Labute approximate surface area is 141 Å². The van der Waals surface area contributed by atoms with Gasteiger partial charge in [0.05, 0.1) is 5.41 Å². The van der Waals surface area contributed by atoms with Crippen LogP contribution in [0.2, 0.25) is 0 Å². The number of hydrogen-bond acceptors (Lipinski definition) is 5. The number of fused-ring (bicyclic) bond motifs is 2. The quantitative estimate of drug-likeness (QED) is 0.903. The Balaban J connectivity index is 1.53. The highest BCUT2D eigenvalue weighted by molar-refractivity contribution is 5.90. The molecule has 24 heavy (non-hydrogen) atoms. The van der Waals surface area contributed by atoms with Crippen LogP contribution in [0.4, 0.5) is 5.69 Å². The van der Waals surface area contributed by atoms with Gasteiger partial charge in [0.15, 0.2) is 0 Å². The van der Waals surface area contributed by atoms with Crippen LogP contribution < -0.4 is 10.6 Å². The van der Waals surface area contributed by atoms with Crippen molar-refractivity contribution in [1.82, 2.24) is 15.5 Å². The molecule has 6 nitrogen and oxygen atoms in total. The van der Waals surface area contributed by atoms with Gasteiger partial charge in [0.2, 0.25) is 17.6 Å². The summed E-state index contributed by atoms with van der Waals surface area (Å²) >= 11 is 0. The van der Waals surface area contributed by atoms with Gasteiger partial charge in [-0.3, -0.25) is 4.79 Å². The lowest BCUT2D eigenvalue weighted by Crippen LogP contribution is -2.42. The molecule has 6 heteroatoms. The van der Waals surface area contributed by atoms with Crippen LogP contribution in [0.15, 0.2) is 28.8 Å². The van der Waals surface area contributed by atoms with Crippen LogP contribution in [0.5, 0.6) is 0 Å². The summed E-state index contributed by atoms with van der Waals surface area (Å²) in [5, 5.41) is 10.5. The zero-order valence-electron chi connectivity index (χ0n) is 13.8. The number of aromatic nitrogens is 2. The molecule has 1 aliphatic carbocycles. The van der Waals surface area contributed by atoms with Crippen molar-refractivity contribution in [3.8, 4) is 11.4 Å². The molecule has 2 aliphatic rings. The molecule has 2 fully saturated rings. The van der Waals surface area contributed by atoms with Crippen molar-refractivity contribution in [2.24, 2.45) is 5.92 Å². The normalized spacial score (nSPS) is 25.6. The lowest BCUT2D eigenvalue weighted by Gasteiger charge is -2.29. The highest BCUT2D eigenvalue weighted by atomic mass is 16.5. The smallest absolute Gasteiger partial charge is 0.234 e. The highest BCUT2D eigenvalue weighted by Gasteiger charge is 2.47. The van der Waals surface area contributed by atoms with Gasteiger partial charge in [-0.25, -0.2) is 0 Å². The predicted octanol–water partition coefficient (Wildman–Crippen LogP) is 2.73. The number of benzene rings is 1. The van der Waals surface area contributed by atoms with Crippen LogP contribution in [-0.2, 0) is 10.2 Å². The molecule has 1 aliphatic heterocycles. The van der Waals surface area contributed by atoms with Crippen LogP contribution in [0.3, 0.4) is 0 Å². The van der Waals surface area contributed by atoms with Crippen molar-refractivity contribution in [2.75, 3.05) is 18.4 Å². The minimum atomic E-state index is 0.00397. The van der Waals surface area contributed by atoms with E-state index in [0.29, 0.717) is 12.2 Å². The van der Waals surface area contributed by atoms with Gasteiger partial charge in [0, 0.05) is 24.2 Å². The SMILES string of the molecule is CCC(=O)Nc1ccc(-c2noc(C34CCC(CNC3)C4)n2)cc1. The molecule has 2 N–H and O–H groups in total. The van der Waals surface area contributed by atoms with Gasteiger partial charge in [0.1, 0.15) is 0 Å². The van der Waals surface area contributed by atoms with Crippen LogP contribution >= 0.6 is 0 Å². The Kier molecular flexibility index (Phi) is 3.84. The van der Waals surface area contributed by atoms with Crippen molar-refractivity contribution < 1.29 is 9.32 Å². The summed E-state index contributed by atoms with van der Waals surface area (Å²) in [5.74, 6) is 2.11. The number of rotatable bonds is 4. The number of piperidine rings is 1. The first-order chi connectivity index (χ1) is 11.7. The van der Waals surface area contributed by atoms with Gasteiger partial charge in [-0.05, 0) is 56.0 Å². The monoisotopic (exact) mass is 326 g/mol. The summed E-state index contributed by atoms with van der Waals surface area (Å²) in [6, 6.07) is 7.55. The molecule has 0 radical (unpaired) electrons. The number of carbonyl (C=O) groups excluding carboxylic acids is 1. The fourth-order valence-electron chi connectivity index (χ4n) is 3.87. The van der Waals surface area contributed by atoms with Crippen molar-refractivity contribution in [2.45, 2.75) is 38.0 Å². The summed E-state index contributed by atoms with van der Waals surface area (Å²) in [7, 11) is 0. The van der Waals surface area contributed by atoms with Crippen molar-refractivity contribution in [1.29, 1.82) is 0 Å². The van der Waals surface area contributed by atoms with Crippen molar-refractivity contribution in [3.05, 3.63) is 30.2 Å². The molecule has 1 aromatic heterocycles.